The van der Waals surface area contributed by atoms with E-state index in [-0.39, 0.29) is 12.1 Å². The van der Waals surface area contributed by atoms with E-state index in [0.717, 1.165) is 10.9 Å². The molecule has 2 heterocycles. The minimum atomic E-state index is -0.825. The van der Waals surface area contributed by atoms with E-state index in [4.69, 9.17) is 4.42 Å². The van der Waals surface area contributed by atoms with Crippen LogP contribution in [0.1, 0.15) is 11.5 Å². The summed E-state index contributed by atoms with van der Waals surface area (Å²) in [6.45, 7) is 1.71. The van der Waals surface area contributed by atoms with Crippen LogP contribution in [0, 0.1) is 18.6 Å². The maximum absolute atomic E-state index is 13.5. The monoisotopic (exact) mass is 334 g/mol. The molecule has 0 saturated carbocycles. The third-order valence-corrected chi connectivity index (χ3v) is 4.02. The number of rotatable bonds is 4. The molecule has 3 rings (SSSR count). The first-order valence-corrected chi connectivity index (χ1v) is 7.66. The highest BCUT2D eigenvalue weighted by molar-refractivity contribution is 7.13. The second-order valence-electron chi connectivity index (χ2n) is 4.85. The van der Waals surface area contributed by atoms with Crippen molar-refractivity contribution in [3.63, 3.8) is 0 Å². The fourth-order valence-corrected chi connectivity index (χ4v) is 2.68. The molecule has 0 atom stereocenters. The third-order valence-electron chi connectivity index (χ3n) is 3.16. The number of aryl methyl sites for hydroxylation is 1. The van der Waals surface area contributed by atoms with Crippen molar-refractivity contribution in [1.29, 1.82) is 0 Å². The van der Waals surface area contributed by atoms with Crippen LogP contribution in [0.4, 0.5) is 14.5 Å². The van der Waals surface area contributed by atoms with Gasteiger partial charge in [0.05, 0.1) is 22.7 Å². The number of amides is 1. The predicted molar refractivity (Wildman–Crippen MR) is 83.2 cm³/mol. The highest BCUT2D eigenvalue weighted by atomic mass is 32.1. The molecule has 0 fully saturated rings. The van der Waals surface area contributed by atoms with Gasteiger partial charge in [-0.2, -0.15) is 0 Å². The molecule has 0 spiro atoms. The lowest BCUT2D eigenvalue weighted by atomic mass is 10.2. The van der Waals surface area contributed by atoms with E-state index < -0.39 is 17.5 Å². The first-order chi connectivity index (χ1) is 11.0. The van der Waals surface area contributed by atoms with Crippen molar-refractivity contribution < 1.29 is 18.0 Å². The summed E-state index contributed by atoms with van der Waals surface area (Å²) in [5, 5.41) is 4.30. The third kappa shape index (κ3) is 3.45. The molecule has 23 heavy (non-hydrogen) atoms. The fourth-order valence-electron chi connectivity index (χ4n) is 2.04. The summed E-state index contributed by atoms with van der Waals surface area (Å²) in [7, 11) is 0. The fraction of sp³-hybridized carbons (Fsp3) is 0.125. The van der Waals surface area contributed by atoms with E-state index >= 15 is 0 Å². The van der Waals surface area contributed by atoms with Crippen LogP contribution in [0.5, 0.6) is 0 Å². The zero-order valence-corrected chi connectivity index (χ0v) is 12.9. The van der Waals surface area contributed by atoms with Crippen molar-refractivity contribution >= 4 is 22.9 Å². The Hall–Kier alpha value is -2.54. The molecule has 1 aromatic carbocycles. The first-order valence-electron chi connectivity index (χ1n) is 6.78. The van der Waals surface area contributed by atoms with Gasteiger partial charge in [0.15, 0.2) is 0 Å². The van der Waals surface area contributed by atoms with Gasteiger partial charge in [-0.15, -0.1) is 11.3 Å². The normalized spacial score (nSPS) is 10.7. The second-order valence-corrected chi connectivity index (χ2v) is 5.80. The van der Waals surface area contributed by atoms with Crippen molar-refractivity contribution in [1.82, 2.24) is 4.98 Å². The van der Waals surface area contributed by atoms with Gasteiger partial charge in [-0.3, -0.25) is 4.79 Å². The molecule has 0 aliphatic carbocycles. The number of nitrogens with zero attached hydrogens (tertiary/aromatic N) is 1. The molecule has 0 radical (unpaired) electrons. The van der Waals surface area contributed by atoms with Gasteiger partial charge in [0.1, 0.15) is 17.4 Å². The van der Waals surface area contributed by atoms with Gasteiger partial charge in [-0.05, 0) is 30.5 Å². The molecule has 2 aromatic heterocycles. The maximum atomic E-state index is 13.5. The van der Waals surface area contributed by atoms with Gasteiger partial charge in [-0.25, -0.2) is 13.8 Å². The van der Waals surface area contributed by atoms with Crippen molar-refractivity contribution in [2.75, 3.05) is 5.32 Å². The van der Waals surface area contributed by atoms with Crippen molar-refractivity contribution in [2.45, 2.75) is 13.3 Å². The molecule has 0 saturated heterocycles. The molecule has 4 nitrogen and oxygen atoms in total. The number of carbonyl (C=O) groups excluding carboxylic acids is 1. The molecule has 0 bridgehead atoms. The number of benzene rings is 1. The molecule has 118 valence electrons. The second kappa shape index (κ2) is 6.29. The van der Waals surface area contributed by atoms with E-state index in [2.05, 4.69) is 10.3 Å². The van der Waals surface area contributed by atoms with Crippen LogP contribution in [0.15, 0.2) is 40.1 Å². The Kier molecular flexibility index (Phi) is 4.20. The summed E-state index contributed by atoms with van der Waals surface area (Å²) in [5.41, 5.74) is 0.407. The van der Waals surface area contributed by atoms with Crippen LogP contribution in [-0.2, 0) is 11.2 Å². The van der Waals surface area contributed by atoms with Crippen LogP contribution in [0.3, 0.4) is 0 Å². The molecule has 3 aromatic rings. The minimum absolute atomic E-state index is 0.0580. The Labute approximate surface area is 134 Å². The number of oxazole rings is 1. The number of hydrogen-bond donors (Lipinski definition) is 1. The number of nitrogens with one attached hydrogen (secondary N) is 1. The Morgan fingerprint density at radius 3 is 2.87 bits per heavy atom. The van der Waals surface area contributed by atoms with Crippen molar-refractivity contribution in [3.05, 3.63) is 58.8 Å². The lowest BCUT2D eigenvalue weighted by Crippen LogP contribution is -2.16. The van der Waals surface area contributed by atoms with Crippen molar-refractivity contribution in [3.8, 4) is 10.8 Å². The van der Waals surface area contributed by atoms with Gasteiger partial charge in [0.25, 0.3) is 0 Å². The molecule has 0 aliphatic heterocycles. The number of halogens is 2. The van der Waals surface area contributed by atoms with Crippen molar-refractivity contribution in [2.24, 2.45) is 0 Å². The summed E-state index contributed by atoms with van der Waals surface area (Å²) in [4.78, 5) is 17.2. The van der Waals surface area contributed by atoms with Crippen LogP contribution in [-0.4, -0.2) is 10.9 Å². The Morgan fingerprint density at radius 2 is 2.17 bits per heavy atom. The van der Waals surface area contributed by atoms with E-state index in [0.29, 0.717) is 23.4 Å². The quantitative estimate of drug-likeness (QED) is 0.779. The van der Waals surface area contributed by atoms with Gasteiger partial charge >= 0.3 is 0 Å². The largest absolute Gasteiger partial charge is 0.440 e. The highest BCUT2D eigenvalue weighted by Crippen LogP contribution is 2.26. The standard InChI is InChI=1S/C16H12F2N2O2S/c1-9-13(20-16(22-9)14-3-2-6-23-14)8-15(21)19-12-5-4-10(17)7-11(12)18/h2-7H,8H2,1H3,(H,19,21). The molecule has 1 amide bonds. The molecule has 7 heteroatoms. The topological polar surface area (TPSA) is 55.1 Å². The zero-order chi connectivity index (χ0) is 16.4. The van der Waals surface area contributed by atoms with E-state index in [1.54, 1.807) is 6.92 Å². The summed E-state index contributed by atoms with van der Waals surface area (Å²) >= 11 is 1.48. The number of anilines is 1. The number of thiophene rings is 1. The maximum Gasteiger partial charge on any atom is 0.236 e. The lowest BCUT2D eigenvalue weighted by molar-refractivity contribution is -0.115. The number of hydrogen-bond acceptors (Lipinski definition) is 4. The van der Waals surface area contributed by atoms with Crippen LogP contribution < -0.4 is 5.32 Å². The minimum Gasteiger partial charge on any atom is -0.440 e. The van der Waals surface area contributed by atoms with Crippen LogP contribution >= 0.6 is 11.3 Å². The summed E-state index contributed by atoms with van der Waals surface area (Å²) in [6.07, 6.45) is -0.0580. The summed E-state index contributed by atoms with van der Waals surface area (Å²) in [5.74, 6) is -0.996. The molecular formula is C16H12F2N2O2S. The average molecular weight is 334 g/mol. The average Bonchev–Trinajstić information content (AvgIpc) is 3.13. The lowest BCUT2D eigenvalue weighted by Gasteiger charge is -2.05. The van der Waals surface area contributed by atoms with E-state index in [9.17, 15) is 13.6 Å². The van der Waals surface area contributed by atoms with Gasteiger partial charge in [0.2, 0.25) is 11.8 Å². The molecule has 1 N–H and O–H groups in total. The highest BCUT2D eigenvalue weighted by Gasteiger charge is 2.16. The van der Waals surface area contributed by atoms with Gasteiger partial charge in [0, 0.05) is 6.07 Å². The van der Waals surface area contributed by atoms with Gasteiger partial charge in [-0.1, -0.05) is 6.07 Å². The van der Waals surface area contributed by atoms with Crippen LogP contribution in [0.2, 0.25) is 0 Å². The van der Waals surface area contributed by atoms with Gasteiger partial charge < -0.3 is 9.73 Å². The predicted octanol–water partition coefficient (Wildman–Crippen LogP) is 4.17. The molecule has 0 unspecified atom stereocenters. The molecule has 0 aliphatic rings. The summed E-state index contributed by atoms with van der Waals surface area (Å²) in [6, 6.07) is 6.72. The molecular weight excluding hydrogens is 322 g/mol. The SMILES string of the molecule is Cc1oc(-c2cccs2)nc1CC(=O)Nc1ccc(F)cc1F. The zero-order valence-electron chi connectivity index (χ0n) is 12.1. The summed E-state index contributed by atoms with van der Waals surface area (Å²) < 4.78 is 31.9. The Balaban J connectivity index is 1.73. The van der Waals surface area contributed by atoms with Crippen LogP contribution in [0.25, 0.3) is 10.8 Å². The van der Waals surface area contributed by atoms with E-state index in [1.165, 1.54) is 17.4 Å². The Bertz CT molecular complexity index is 844. The Morgan fingerprint density at radius 1 is 1.35 bits per heavy atom. The van der Waals surface area contributed by atoms with E-state index in [1.807, 2.05) is 17.5 Å². The number of carbonyl (C=O) groups is 1. The first kappa shape index (κ1) is 15.4. The smallest absolute Gasteiger partial charge is 0.236 e. The number of aromatic nitrogens is 1.